The first-order valence-corrected chi connectivity index (χ1v) is 23.2. The van der Waals surface area contributed by atoms with Crippen molar-refractivity contribution in [3.05, 3.63) is 0 Å². The zero-order valence-electron chi connectivity index (χ0n) is 33.9. The highest BCUT2D eigenvalue weighted by Crippen LogP contribution is 2.26. The first-order valence-electron chi connectivity index (χ1n) is 21.8. The number of rotatable bonds is 35. The third-order valence-electron chi connectivity index (χ3n) is 11.0. The minimum Gasteiger partial charge on any atom is -0.290 e. The van der Waals surface area contributed by atoms with Crippen LogP contribution in [-0.4, -0.2) is 62.2 Å². The summed E-state index contributed by atoms with van der Waals surface area (Å²) in [6, 6.07) is 0.813. The molecule has 0 aromatic rings. The second-order valence-electron chi connectivity index (χ2n) is 15.3. The molecule has 1 heterocycles. The Kier molecular flexibility index (Phi) is 36.0. The normalized spacial score (nSPS) is 16.2. The number of hydrogen-bond acceptors (Lipinski definition) is 5. The summed E-state index contributed by atoms with van der Waals surface area (Å²) in [7, 11) is -0.907. The molecule has 2 atom stereocenters. The topological polar surface area (TPSA) is 70.1 Å². The Morgan fingerprint density at radius 3 is 1.16 bits per heavy atom. The van der Waals surface area contributed by atoms with Gasteiger partial charge in [0.15, 0.2) is 0 Å². The zero-order chi connectivity index (χ0) is 36.3. The van der Waals surface area contributed by atoms with Gasteiger partial charge in [0.05, 0.1) is 13.3 Å². The molecule has 296 valence electrons. The Hall–Kier alpha value is -0.210. The predicted octanol–water partition coefficient (Wildman–Crippen LogP) is 13.3. The molecular weight excluding hydrogens is 629 g/mol. The van der Waals surface area contributed by atoms with E-state index in [4.69, 9.17) is 4.55 Å². The number of unbranched alkanes of at least 4 members (excludes halogenated alkanes) is 28. The molecule has 1 rings (SSSR count). The van der Waals surface area contributed by atoms with Crippen LogP contribution in [-0.2, 0) is 14.6 Å². The molecule has 1 aliphatic heterocycles. The van der Waals surface area contributed by atoms with Crippen LogP contribution in [0.5, 0.6) is 0 Å². The van der Waals surface area contributed by atoms with Gasteiger partial charge in [0, 0.05) is 19.1 Å². The van der Waals surface area contributed by atoms with E-state index in [0.717, 1.165) is 13.2 Å². The van der Waals surface area contributed by atoms with Gasteiger partial charge in [0.25, 0.3) is 0 Å². The predicted molar refractivity (Wildman–Crippen MR) is 215 cm³/mol. The molecule has 0 radical (unpaired) electrons. The van der Waals surface area contributed by atoms with Gasteiger partial charge in [-0.25, -0.2) is 0 Å². The Labute approximate surface area is 308 Å². The van der Waals surface area contributed by atoms with Gasteiger partial charge in [-0.15, -0.1) is 0 Å². The van der Waals surface area contributed by atoms with Gasteiger partial charge in [-0.2, -0.15) is 8.42 Å². The highest BCUT2D eigenvalue weighted by atomic mass is 32.3. The van der Waals surface area contributed by atoms with E-state index in [1.807, 2.05) is 0 Å². The van der Waals surface area contributed by atoms with Crippen LogP contribution >= 0.6 is 0 Å². The molecule has 0 aromatic carbocycles. The lowest BCUT2D eigenvalue weighted by atomic mass is 10.0. The lowest BCUT2D eigenvalue weighted by Gasteiger charge is -2.34. The highest BCUT2D eigenvalue weighted by molar-refractivity contribution is 7.80. The molecule has 1 fully saturated rings. The molecule has 2 unspecified atom stereocenters. The molecule has 6 nitrogen and oxygen atoms in total. The second kappa shape index (κ2) is 36.2. The first-order chi connectivity index (χ1) is 23.8. The summed E-state index contributed by atoms with van der Waals surface area (Å²) in [5, 5.41) is 0. The van der Waals surface area contributed by atoms with E-state index < -0.39 is 10.4 Å². The number of nitrogens with zero attached hydrogens (tertiary/aromatic N) is 2. The van der Waals surface area contributed by atoms with Crippen LogP contribution in [0.25, 0.3) is 0 Å². The van der Waals surface area contributed by atoms with Gasteiger partial charge in [0.2, 0.25) is 0 Å². The van der Waals surface area contributed by atoms with E-state index in [1.165, 1.54) is 225 Å². The monoisotopic (exact) mass is 717 g/mol. The van der Waals surface area contributed by atoms with Crippen molar-refractivity contribution in [3.63, 3.8) is 0 Å². The summed E-state index contributed by atoms with van der Waals surface area (Å²) < 4.78 is 29.7. The standard InChI is InChI=1S/C41H84N2.CH4O4S/c1-5-8-10-12-14-16-18-20-22-24-26-28-30-32-34-36-40(7-3)43-39-38-42(4)41(43)37-35-33-31-29-27-25-23-21-19-17-15-13-11-9-6-2;1-5-6(2,3)4/h40-41H,5-39H2,1-4H3;1H3,(H,2,3,4). The van der Waals surface area contributed by atoms with Crippen LogP contribution in [0.3, 0.4) is 0 Å². The molecule has 1 saturated heterocycles. The quantitative estimate of drug-likeness (QED) is 0.0520. The highest BCUT2D eigenvalue weighted by Gasteiger charge is 2.32. The summed E-state index contributed by atoms with van der Waals surface area (Å²) in [6.07, 6.45) is 48.7. The van der Waals surface area contributed by atoms with Gasteiger partial charge in [-0.3, -0.25) is 18.5 Å². The van der Waals surface area contributed by atoms with Crippen LogP contribution in [0.4, 0.5) is 0 Å². The van der Waals surface area contributed by atoms with E-state index >= 15 is 0 Å². The van der Waals surface area contributed by atoms with E-state index in [2.05, 4.69) is 41.8 Å². The van der Waals surface area contributed by atoms with Gasteiger partial charge in [-0.05, 0) is 26.3 Å². The SMILES string of the molecule is CCCCCCCCCCCCCCCCCC(CC)N1CCN(C)C1CCCCCCCCCCCCCCCCC.COS(=O)(=O)O. The molecule has 0 spiro atoms. The van der Waals surface area contributed by atoms with Crippen LogP contribution in [0.1, 0.15) is 233 Å². The fraction of sp³-hybridized carbons (Fsp3) is 1.00. The maximum Gasteiger partial charge on any atom is 0.397 e. The fourth-order valence-electron chi connectivity index (χ4n) is 7.69. The van der Waals surface area contributed by atoms with Gasteiger partial charge in [0.1, 0.15) is 0 Å². The van der Waals surface area contributed by atoms with Crippen molar-refractivity contribution in [2.24, 2.45) is 0 Å². The molecular formula is C42H88N2O4S. The van der Waals surface area contributed by atoms with Crippen LogP contribution in [0, 0.1) is 0 Å². The molecule has 0 aromatic heterocycles. The zero-order valence-corrected chi connectivity index (χ0v) is 34.7. The molecule has 1 aliphatic rings. The van der Waals surface area contributed by atoms with Gasteiger partial charge < -0.3 is 0 Å². The summed E-state index contributed by atoms with van der Waals surface area (Å²) in [5.41, 5.74) is 0. The lowest BCUT2D eigenvalue weighted by Crippen LogP contribution is -2.43. The number of likely N-dealkylation sites (N-methyl/N-ethyl adjacent to an activating group) is 1. The third-order valence-corrected chi connectivity index (χ3v) is 11.4. The van der Waals surface area contributed by atoms with Gasteiger partial charge in [-0.1, -0.05) is 213 Å². The van der Waals surface area contributed by atoms with E-state index in [-0.39, 0.29) is 0 Å². The minimum atomic E-state index is -4.16. The Bertz CT molecular complexity index is 766. The molecule has 7 heteroatoms. The summed E-state index contributed by atoms with van der Waals surface area (Å²) in [6.45, 7) is 9.65. The van der Waals surface area contributed by atoms with Crippen LogP contribution in [0.15, 0.2) is 0 Å². The molecule has 1 N–H and O–H groups in total. The second-order valence-corrected chi connectivity index (χ2v) is 16.5. The molecule has 0 bridgehead atoms. The average Bonchev–Trinajstić information content (AvgIpc) is 3.45. The molecule has 49 heavy (non-hydrogen) atoms. The Morgan fingerprint density at radius 1 is 0.551 bits per heavy atom. The van der Waals surface area contributed by atoms with Crippen molar-refractivity contribution in [3.8, 4) is 0 Å². The maximum absolute atomic E-state index is 9.33. The lowest BCUT2D eigenvalue weighted by molar-refractivity contribution is 0.0939. The van der Waals surface area contributed by atoms with E-state index in [1.54, 1.807) is 0 Å². The largest absolute Gasteiger partial charge is 0.397 e. The summed E-state index contributed by atoms with van der Waals surface area (Å²) >= 11 is 0. The van der Waals surface area contributed by atoms with Crippen molar-refractivity contribution in [1.82, 2.24) is 9.80 Å². The Morgan fingerprint density at radius 2 is 0.857 bits per heavy atom. The van der Waals surface area contributed by atoms with Gasteiger partial charge >= 0.3 is 10.4 Å². The van der Waals surface area contributed by atoms with E-state index in [9.17, 15) is 8.42 Å². The smallest absolute Gasteiger partial charge is 0.290 e. The maximum atomic E-state index is 9.33. The Balaban J connectivity index is 0.00000350. The third kappa shape index (κ3) is 32.2. The van der Waals surface area contributed by atoms with Crippen molar-refractivity contribution >= 4 is 10.4 Å². The minimum absolute atomic E-state index is 0.711. The van der Waals surface area contributed by atoms with Crippen LogP contribution in [0.2, 0.25) is 0 Å². The van der Waals surface area contributed by atoms with Crippen molar-refractivity contribution in [2.45, 2.75) is 245 Å². The summed E-state index contributed by atoms with van der Waals surface area (Å²) in [4.78, 5) is 5.58. The van der Waals surface area contributed by atoms with Crippen molar-refractivity contribution in [2.75, 3.05) is 27.2 Å². The van der Waals surface area contributed by atoms with Crippen LogP contribution < -0.4 is 0 Å². The molecule has 0 aliphatic carbocycles. The first kappa shape index (κ1) is 48.8. The number of hydrogen-bond donors (Lipinski definition) is 1. The molecule has 0 saturated carbocycles. The van der Waals surface area contributed by atoms with Crippen molar-refractivity contribution in [1.29, 1.82) is 0 Å². The van der Waals surface area contributed by atoms with Crippen molar-refractivity contribution < 1.29 is 17.2 Å². The fourth-order valence-corrected chi connectivity index (χ4v) is 7.69. The van der Waals surface area contributed by atoms with E-state index in [0.29, 0.717) is 6.17 Å². The summed E-state index contributed by atoms with van der Waals surface area (Å²) in [5.74, 6) is 0. The molecule has 0 amide bonds. The average molecular weight is 717 g/mol.